The van der Waals surface area contributed by atoms with Gasteiger partial charge < -0.3 is 10.6 Å². The largest absolute Gasteiger partial charge is 0.342 e. The third kappa shape index (κ3) is 3.35. The summed E-state index contributed by atoms with van der Waals surface area (Å²) in [5.74, 6) is 0.601. The lowest BCUT2D eigenvalue weighted by atomic mass is 9.91. The molecule has 1 aromatic rings. The summed E-state index contributed by atoms with van der Waals surface area (Å²) >= 11 is 0. The number of benzene rings is 1. The van der Waals surface area contributed by atoms with Crippen molar-refractivity contribution in [2.75, 3.05) is 19.6 Å². The summed E-state index contributed by atoms with van der Waals surface area (Å²) in [4.78, 5) is 15.4. The molecule has 1 saturated carbocycles. The molecule has 22 heavy (non-hydrogen) atoms. The number of carbonyl (C=O) groups excluding carboxylic acids is 1. The molecule has 0 aromatic heterocycles. The summed E-state index contributed by atoms with van der Waals surface area (Å²) in [5.41, 5.74) is 6.71. The van der Waals surface area contributed by atoms with Crippen molar-refractivity contribution in [3.8, 4) is 0 Å². The van der Waals surface area contributed by atoms with Crippen molar-refractivity contribution in [3.63, 3.8) is 0 Å². The summed E-state index contributed by atoms with van der Waals surface area (Å²) in [6.45, 7) is 6.70. The van der Waals surface area contributed by atoms with E-state index in [1.165, 1.54) is 0 Å². The Morgan fingerprint density at radius 3 is 2.23 bits per heavy atom. The van der Waals surface area contributed by atoms with Gasteiger partial charge in [-0.05, 0) is 37.3 Å². The Morgan fingerprint density at radius 2 is 1.77 bits per heavy atom. The van der Waals surface area contributed by atoms with Gasteiger partial charge in [-0.3, -0.25) is 4.79 Å². The van der Waals surface area contributed by atoms with E-state index in [2.05, 4.69) is 30.9 Å². The molecular weight excluding hydrogens is 272 g/mol. The molecule has 0 heterocycles. The second-order valence-corrected chi connectivity index (χ2v) is 6.47. The van der Waals surface area contributed by atoms with Crippen molar-refractivity contribution in [3.05, 3.63) is 35.9 Å². The summed E-state index contributed by atoms with van der Waals surface area (Å²) in [7, 11) is 0. The van der Waals surface area contributed by atoms with Gasteiger partial charge in [0.2, 0.25) is 5.91 Å². The van der Waals surface area contributed by atoms with Crippen LogP contribution in [-0.2, 0) is 10.2 Å². The van der Waals surface area contributed by atoms with Crippen LogP contribution in [0.4, 0.5) is 0 Å². The number of rotatable bonds is 9. The van der Waals surface area contributed by atoms with E-state index in [4.69, 9.17) is 5.73 Å². The van der Waals surface area contributed by atoms with Crippen LogP contribution in [0.15, 0.2) is 30.3 Å². The molecule has 1 unspecified atom stereocenters. The van der Waals surface area contributed by atoms with Crippen molar-refractivity contribution in [2.24, 2.45) is 11.7 Å². The average molecular weight is 302 g/mol. The Kier molecular flexibility index (Phi) is 6.01. The Labute approximate surface area is 134 Å². The van der Waals surface area contributed by atoms with Crippen molar-refractivity contribution in [1.82, 2.24) is 4.90 Å². The minimum atomic E-state index is -0.350. The zero-order valence-corrected chi connectivity index (χ0v) is 14.1. The molecule has 2 atom stereocenters. The number of amides is 1. The first-order valence-electron chi connectivity index (χ1n) is 8.75. The highest BCUT2D eigenvalue weighted by Crippen LogP contribution is 2.55. The van der Waals surface area contributed by atoms with E-state index in [-0.39, 0.29) is 5.41 Å². The van der Waals surface area contributed by atoms with Gasteiger partial charge in [0.05, 0.1) is 5.41 Å². The summed E-state index contributed by atoms with van der Waals surface area (Å²) in [5, 5.41) is 0. The third-order valence-electron chi connectivity index (χ3n) is 4.91. The minimum Gasteiger partial charge on any atom is -0.342 e. The fraction of sp³-hybridized carbons (Fsp3) is 0.632. The van der Waals surface area contributed by atoms with Crippen molar-refractivity contribution in [1.29, 1.82) is 0 Å². The number of carbonyl (C=O) groups is 1. The first kappa shape index (κ1) is 17.0. The lowest BCUT2D eigenvalue weighted by molar-refractivity contribution is -0.134. The van der Waals surface area contributed by atoms with Crippen LogP contribution in [0.1, 0.15) is 51.5 Å². The molecule has 1 amide bonds. The van der Waals surface area contributed by atoms with Gasteiger partial charge in [-0.15, -0.1) is 0 Å². The van der Waals surface area contributed by atoms with Gasteiger partial charge in [-0.1, -0.05) is 57.0 Å². The van der Waals surface area contributed by atoms with Crippen LogP contribution in [0.5, 0.6) is 0 Å². The van der Waals surface area contributed by atoms with E-state index in [1.54, 1.807) is 0 Å². The molecule has 1 aliphatic carbocycles. The van der Waals surface area contributed by atoms with E-state index in [0.29, 0.717) is 18.4 Å². The molecule has 0 radical (unpaired) electrons. The van der Waals surface area contributed by atoms with Crippen molar-refractivity contribution in [2.45, 2.75) is 51.4 Å². The van der Waals surface area contributed by atoms with Crippen LogP contribution in [0, 0.1) is 5.92 Å². The predicted octanol–water partition coefficient (Wildman–Crippen LogP) is 3.33. The van der Waals surface area contributed by atoms with Gasteiger partial charge >= 0.3 is 0 Å². The summed E-state index contributed by atoms with van der Waals surface area (Å²) in [6, 6.07) is 10.2. The lowest BCUT2D eigenvalue weighted by Crippen LogP contribution is -2.42. The number of nitrogens with two attached hydrogens (primary N) is 1. The van der Waals surface area contributed by atoms with Gasteiger partial charge in [0.1, 0.15) is 0 Å². The molecule has 122 valence electrons. The molecule has 3 heteroatoms. The van der Waals surface area contributed by atoms with Gasteiger partial charge in [0.25, 0.3) is 0 Å². The average Bonchev–Trinajstić information content (AvgIpc) is 3.31. The summed E-state index contributed by atoms with van der Waals surface area (Å²) in [6.07, 6.45) is 5.30. The normalized spacial score (nSPS) is 23.3. The van der Waals surface area contributed by atoms with E-state index in [9.17, 15) is 4.79 Å². The lowest BCUT2D eigenvalue weighted by Gasteiger charge is -2.28. The standard InChI is InChI=1S/C19H30N2O/c1-3-5-12-21(13-6-4-2)18(22)19(14-17(19)15-20)16-10-8-7-9-11-16/h7-11,17H,3-6,12-15,20H2,1-2H3/t17?,19-/m1/s1. The van der Waals surface area contributed by atoms with Crippen LogP contribution in [-0.4, -0.2) is 30.4 Å². The molecule has 1 aromatic carbocycles. The predicted molar refractivity (Wildman–Crippen MR) is 91.7 cm³/mol. The van der Waals surface area contributed by atoms with E-state index in [1.807, 2.05) is 18.2 Å². The van der Waals surface area contributed by atoms with E-state index < -0.39 is 0 Å². The molecule has 3 nitrogen and oxygen atoms in total. The number of nitrogens with zero attached hydrogens (tertiary/aromatic N) is 1. The number of unbranched alkanes of at least 4 members (excludes halogenated alkanes) is 2. The van der Waals surface area contributed by atoms with Crippen LogP contribution < -0.4 is 5.73 Å². The monoisotopic (exact) mass is 302 g/mol. The molecule has 1 fully saturated rings. The van der Waals surface area contributed by atoms with Crippen LogP contribution in [0.3, 0.4) is 0 Å². The number of hydrogen-bond acceptors (Lipinski definition) is 2. The van der Waals surface area contributed by atoms with E-state index in [0.717, 1.165) is 50.8 Å². The third-order valence-corrected chi connectivity index (χ3v) is 4.91. The maximum absolute atomic E-state index is 13.3. The highest BCUT2D eigenvalue weighted by Gasteiger charge is 2.61. The van der Waals surface area contributed by atoms with Gasteiger partial charge in [0, 0.05) is 13.1 Å². The zero-order chi connectivity index (χ0) is 16.0. The maximum Gasteiger partial charge on any atom is 0.233 e. The Hall–Kier alpha value is -1.35. The molecule has 1 aliphatic rings. The Bertz CT molecular complexity index is 466. The second-order valence-electron chi connectivity index (χ2n) is 6.47. The van der Waals surface area contributed by atoms with E-state index >= 15 is 0 Å². The van der Waals surface area contributed by atoms with Crippen molar-refractivity contribution >= 4 is 5.91 Å². The quantitative estimate of drug-likeness (QED) is 0.760. The van der Waals surface area contributed by atoms with Gasteiger partial charge in [-0.2, -0.15) is 0 Å². The molecule has 2 N–H and O–H groups in total. The fourth-order valence-electron chi connectivity index (χ4n) is 3.38. The second kappa shape index (κ2) is 7.77. The molecule has 0 spiro atoms. The topological polar surface area (TPSA) is 46.3 Å². The molecule has 0 aliphatic heterocycles. The molecular formula is C19H30N2O. The molecule has 2 rings (SSSR count). The van der Waals surface area contributed by atoms with Crippen LogP contribution in [0.25, 0.3) is 0 Å². The Morgan fingerprint density at radius 1 is 1.18 bits per heavy atom. The Balaban J connectivity index is 2.21. The van der Waals surface area contributed by atoms with Gasteiger partial charge in [0.15, 0.2) is 0 Å². The highest BCUT2D eigenvalue weighted by atomic mass is 16.2. The van der Waals surface area contributed by atoms with Crippen molar-refractivity contribution < 1.29 is 4.79 Å². The highest BCUT2D eigenvalue weighted by molar-refractivity contribution is 5.92. The SMILES string of the molecule is CCCCN(CCCC)C(=O)[C@@]1(c2ccccc2)CC1CN. The molecule has 0 bridgehead atoms. The smallest absolute Gasteiger partial charge is 0.233 e. The maximum atomic E-state index is 13.3. The minimum absolute atomic E-state index is 0.299. The molecule has 0 saturated heterocycles. The first-order valence-corrected chi connectivity index (χ1v) is 8.75. The first-order chi connectivity index (χ1) is 10.7. The fourth-order valence-corrected chi connectivity index (χ4v) is 3.38. The van der Waals surface area contributed by atoms with Gasteiger partial charge in [-0.25, -0.2) is 0 Å². The van der Waals surface area contributed by atoms with Crippen LogP contribution in [0.2, 0.25) is 0 Å². The van der Waals surface area contributed by atoms with Crippen LogP contribution >= 0.6 is 0 Å². The summed E-state index contributed by atoms with van der Waals surface area (Å²) < 4.78 is 0. The zero-order valence-electron chi connectivity index (χ0n) is 14.1. The number of hydrogen-bond donors (Lipinski definition) is 1.